The number of halogens is 8. The molecular weight excluding hydrogens is 732 g/mol. The molecule has 8 nitrogen and oxygen atoms in total. The minimum absolute atomic E-state index is 0. The van der Waals surface area contributed by atoms with E-state index in [9.17, 15) is 0 Å². The van der Waals surface area contributed by atoms with E-state index in [0.29, 0.717) is 0 Å². The van der Waals surface area contributed by atoms with Crippen molar-refractivity contribution < 1.29 is 0 Å². The van der Waals surface area contributed by atoms with Gasteiger partial charge in [-0.3, -0.25) is 9.80 Å². The highest BCUT2D eigenvalue weighted by atomic mass is 35.5. The van der Waals surface area contributed by atoms with Crippen LogP contribution in [-0.4, -0.2) is 115 Å². The molecular formula is C28H62Cl8N8. The average molecular weight is 794 g/mol. The Kier molecular flexibility index (Phi) is 52.8. The fourth-order valence-corrected chi connectivity index (χ4v) is 4.99. The molecule has 0 radical (unpaired) electrons. The number of nitrogens with zero attached hydrogens (tertiary/aromatic N) is 2. The average Bonchev–Trinajstić information content (AvgIpc) is 2.88. The molecule has 0 aliphatic carbocycles. The second-order valence-corrected chi connectivity index (χ2v) is 10.3. The predicted molar refractivity (Wildman–Crippen MR) is 211 cm³/mol. The first-order chi connectivity index (χ1) is 17.9. The van der Waals surface area contributed by atoms with Gasteiger partial charge in [0.25, 0.3) is 0 Å². The third-order valence-electron chi connectivity index (χ3n) is 7.04. The van der Waals surface area contributed by atoms with Crippen molar-refractivity contribution in [3.63, 3.8) is 0 Å². The Hall–Kier alpha value is 1.22. The maximum absolute atomic E-state index is 3.64. The summed E-state index contributed by atoms with van der Waals surface area (Å²) in [5.74, 6) is 0. The van der Waals surface area contributed by atoms with E-state index in [1.807, 2.05) is 0 Å². The minimum atomic E-state index is 0. The maximum atomic E-state index is 3.64. The fourth-order valence-electron chi connectivity index (χ4n) is 4.99. The Labute approximate surface area is 317 Å². The molecule has 0 atom stereocenters. The summed E-state index contributed by atoms with van der Waals surface area (Å²) in [7, 11) is 0. The van der Waals surface area contributed by atoms with Gasteiger partial charge in [-0.25, -0.2) is 0 Å². The summed E-state index contributed by atoms with van der Waals surface area (Å²) >= 11 is 0. The molecule has 2 heterocycles. The van der Waals surface area contributed by atoms with Crippen molar-refractivity contribution in [3.05, 3.63) is 35.4 Å². The quantitative estimate of drug-likeness (QED) is 0.276. The van der Waals surface area contributed by atoms with E-state index in [1.54, 1.807) is 0 Å². The monoisotopic (exact) mass is 790 g/mol. The zero-order chi connectivity index (χ0) is 24.9. The van der Waals surface area contributed by atoms with Crippen molar-refractivity contribution in [2.75, 3.05) is 105 Å². The van der Waals surface area contributed by atoms with Gasteiger partial charge in [-0.15, -0.1) is 99.3 Å². The maximum Gasteiger partial charge on any atom is 0.0234 e. The van der Waals surface area contributed by atoms with Crippen LogP contribution in [0.15, 0.2) is 24.3 Å². The second kappa shape index (κ2) is 40.4. The Balaban J connectivity index is -0.000000451. The van der Waals surface area contributed by atoms with Crippen LogP contribution in [0.3, 0.4) is 0 Å². The van der Waals surface area contributed by atoms with Gasteiger partial charge in [0.15, 0.2) is 0 Å². The van der Waals surface area contributed by atoms with Gasteiger partial charge in [0.1, 0.15) is 0 Å². The lowest BCUT2D eigenvalue weighted by Gasteiger charge is -2.25. The smallest absolute Gasteiger partial charge is 0.0234 e. The first kappa shape index (κ1) is 57.5. The van der Waals surface area contributed by atoms with E-state index in [0.717, 1.165) is 118 Å². The van der Waals surface area contributed by atoms with Gasteiger partial charge in [0, 0.05) is 65.4 Å². The van der Waals surface area contributed by atoms with Crippen molar-refractivity contribution in [1.29, 1.82) is 0 Å². The zero-order valence-corrected chi connectivity index (χ0v) is 32.6. The van der Waals surface area contributed by atoms with Crippen LogP contribution < -0.4 is 31.9 Å². The normalized spacial score (nSPS) is 18.7. The van der Waals surface area contributed by atoms with Gasteiger partial charge in [-0.1, -0.05) is 24.3 Å². The van der Waals surface area contributed by atoms with Gasteiger partial charge in [-0.2, -0.15) is 0 Å². The molecule has 0 saturated carbocycles. The van der Waals surface area contributed by atoms with Gasteiger partial charge < -0.3 is 31.9 Å². The summed E-state index contributed by atoms with van der Waals surface area (Å²) in [5.41, 5.74) is 2.89. The van der Waals surface area contributed by atoms with E-state index >= 15 is 0 Å². The van der Waals surface area contributed by atoms with Gasteiger partial charge >= 0.3 is 0 Å². The Morgan fingerprint density at radius 2 is 0.705 bits per heavy atom. The number of hydrogen-bond acceptors (Lipinski definition) is 8. The molecule has 1 aromatic rings. The summed E-state index contributed by atoms with van der Waals surface area (Å²) in [4.78, 5) is 5.26. The standard InChI is InChI=1S/C28H54N8.8ClH/c1-6-27(25-35-20-4-12-31-16-14-29-8-2-10-33-18-22-35)24-28(7-1)26-36-21-5-13-32-17-15-30-9-3-11-34-19-23-36;;;;;;;;/h1,6-7,24,29-34H,2-5,8-23,25-26H2;8*1H. The summed E-state index contributed by atoms with van der Waals surface area (Å²) in [6.45, 7) is 19.6. The van der Waals surface area contributed by atoms with Gasteiger partial charge in [0.2, 0.25) is 0 Å². The van der Waals surface area contributed by atoms with Crippen molar-refractivity contribution >= 4 is 99.3 Å². The summed E-state index contributed by atoms with van der Waals surface area (Å²) in [6.07, 6.45) is 4.79. The van der Waals surface area contributed by atoms with E-state index in [-0.39, 0.29) is 99.3 Å². The molecule has 2 aliphatic heterocycles. The first-order valence-corrected chi connectivity index (χ1v) is 14.7. The van der Waals surface area contributed by atoms with Crippen molar-refractivity contribution in [2.45, 2.75) is 38.8 Å². The van der Waals surface area contributed by atoms with E-state index in [2.05, 4.69) is 66.0 Å². The molecule has 0 spiro atoms. The third kappa shape index (κ3) is 29.4. The van der Waals surface area contributed by atoms with E-state index < -0.39 is 0 Å². The highest BCUT2D eigenvalue weighted by Gasteiger charge is 2.10. The molecule has 3 rings (SSSR count). The lowest BCUT2D eigenvalue weighted by molar-refractivity contribution is 0.256. The molecule has 16 heteroatoms. The van der Waals surface area contributed by atoms with Crippen molar-refractivity contribution in [3.8, 4) is 0 Å². The Morgan fingerprint density at radius 3 is 1.07 bits per heavy atom. The highest BCUT2D eigenvalue weighted by Crippen LogP contribution is 2.12. The Morgan fingerprint density at radius 1 is 0.386 bits per heavy atom. The molecule has 2 fully saturated rings. The highest BCUT2D eigenvalue weighted by molar-refractivity contribution is 5.86. The number of benzene rings is 1. The summed E-state index contributed by atoms with van der Waals surface area (Å²) < 4.78 is 0. The molecule has 6 N–H and O–H groups in total. The molecule has 2 aliphatic rings. The molecule has 0 bridgehead atoms. The zero-order valence-electron chi connectivity index (χ0n) is 26.0. The van der Waals surface area contributed by atoms with Crippen LogP contribution in [0.4, 0.5) is 0 Å². The molecule has 44 heavy (non-hydrogen) atoms. The number of nitrogens with one attached hydrogen (secondary N) is 6. The predicted octanol–water partition coefficient (Wildman–Crippen LogP) is 3.79. The molecule has 0 amide bonds. The third-order valence-corrected chi connectivity index (χ3v) is 7.04. The van der Waals surface area contributed by atoms with Crippen LogP contribution in [0.2, 0.25) is 0 Å². The van der Waals surface area contributed by atoms with Crippen LogP contribution in [0, 0.1) is 0 Å². The lowest BCUT2D eigenvalue weighted by atomic mass is 10.1. The van der Waals surface area contributed by atoms with E-state index in [1.165, 1.54) is 36.8 Å². The van der Waals surface area contributed by atoms with Crippen LogP contribution in [0.5, 0.6) is 0 Å². The molecule has 1 aromatic carbocycles. The van der Waals surface area contributed by atoms with Crippen LogP contribution >= 0.6 is 99.3 Å². The summed E-state index contributed by atoms with van der Waals surface area (Å²) in [5, 5.41) is 21.5. The Bertz CT molecular complexity index is 609. The topological polar surface area (TPSA) is 78.7 Å². The molecule has 2 saturated heterocycles. The molecule has 270 valence electrons. The second-order valence-electron chi connectivity index (χ2n) is 10.3. The van der Waals surface area contributed by atoms with Crippen molar-refractivity contribution in [1.82, 2.24) is 41.7 Å². The van der Waals surface area contributed by atoms with Crippen LogP contribution in [0.25, 0.3) is 0 Å². The first-order valence-electron chi connectivity index (χ1n) is 14.7. The SMILES string of the molecule is Cl.Cl.Cl.Cl.Cl.Cl.Cl.Cl.c1cc(CN2CCCNCCNCCCNCC2)cc(CN2CCCNCCNCCCNCC2)c1. The summed E-state index contributed by atoms with van der Waals surface area (Å²) in [6, 6.07) is 9.34. The number of hydrogen-bond donors (Lipinski definition) is 6. The van der Waals surface area contributed by atoms with Crippen LogP contribution in [-0.2, 0) is 13.1 Å². The fraction of sp³-hybridized carbons (Fsp3) is 0.786. The molecule has 0 aromatic heterocycles. The van der Waals surface area contributed by atoms with Gasteiger partial charge in [-0.05, 0) is 89.2 Å². The lowest BCUT2D eigenvalue weighted by Crippen LogP contribution is -2.37. The van der Waals surface area contributed by atoms with Crippen molar-refractivity contribution in [2.24, 2.45) is 0 Å². The van der Waals surface area contributed by atoms with E-state index in [4.69, 9.17) is 0 Å². The van der Waals surface area contributed by atoms with Gasteiger partial charge in [0.05, 0.1) is 0 Å². The molecule has 0 unspecified atom stereocenters. The van der Waals surface area contributed by atoms with Crippen LogP contribution in [0.1, 0.15) is 36.8 Å². The number of rotatable bonds is 4. The largest absolute Gasteiger partial charge is 0.315 e. The minimum Gasteiger partial charge on any atom is -0.315 e.